The highest BCUT2D eigenvalue weighted by molar-refractivity contribution is 7.99. The molecule has 0 spiro atoms. The molecule has 6 heteroatoms. The lowest BCUT2D eigenvalue weighted by atomic mass is 10.3. The summed E-state index contributed by atoms with van der Waals surface area (Å²) < 4.78 is 0. The molecule has 0 saturated carbocycles. The zero-order chi connectivity index (χ0) is 13.0. The number of rotatable bonds is 4. The molecule has 2 rings (SSSR count). The predicted octanol–water partition coefficient (Wildman–Crippen LogP) is 2.41. The first-order chi connectivity index (χ1) is 8.72. The lowest BCUT2D eigenvalue weighted by Crippen LogP contribution is -2.29. The van der Waals surface area contributed by atoms with Crippen LogP contribution in [-0.2, 0) is 11.2 Å². The average Bonchev–Trinajstić information content (AvgIpc) is 2.90. The van der Waals surface area contributed by atoms with Crippen molar-refractivity contribution in [1.82, 2.24) is 14.9 Å². The van der Waals surface area contributed by atoms with Gasteiger partial charge >= 0.3 is 0 Å². The normalized spacial score (nSPS) is 15.1. The number of hydrogen-bond donors (Lipinski definition) is 0. The Kier molecular flexibility index (Phi) is 4.83. The van der Waals surface area contributed by atoms with Crippen molar-refractivity contribution in [3.8, 4) is 0 Å². The quantitative estimate of drug-likeness (QED) is 0.629. The standard InChI is InChI=1S/C12H16ClN3OS/c1-2-9-11(13)14-8-15-12(9)18-7-10(17)16-5-3-4-6-16/h8H,2-7H2,1H3. The van der Waals surface area contributed by atoms with Crippen LogP contribution in [0.15, 0.2) is 11.4 Å². The molecule has 1 aromatic heterocycles. The number of carbonyl (C=O) groups is 1. The summed E-state index contributed by atoms with van der Waals surface area (Å²) in [5, 5.41) is 1.31. The van der Waals surface area contributed by atoms with Crippen molar-refractivity contribution >= 4 is 29.3 Å². The molecule has 2 heterocycles. The van der Waals surface area contributed by atoms with E-state index in [1.807, 2.05) is 11.8 Å². The zero-order valence-corrected chi connectivity index (χ0v) is 11.9. The third-order valence-corrected chi connectivity index (χ3v) is 4.34. The molecule has 0 atom stereocenters. The van der Waals surface area contributed by atoms with Gasteiger partial charge in [-0.3, -0.25) is 4.79 Å². The number of hydrogen-bond acceptors (Lipinski definition) is 4. The Morgan fingerprint density at radius 1 is 1.44 bits per heavy atom. The van der Waals surface area contributed by atoms with Crippen LogP contribution in [-0.4, -0.2) is 39.6 Å². The van der Waals surface area contributed by atoms with Crippen LogP contribution < -0.4 is 0 Å². The molecule has 0 unspecified atom stereocenters. The molecule has 1 fully saturated rings. The van der Waals surface area contributed by atoms with E-state index >= 15 is 0 Å². The maximum Gasteiger partial charge on any atom is 0.232 e. The number of thioether (sulfide) groups is 1. The summed E-state index contributed by atoms with van der Waals surface area (Å²) in [4.78, 5) is 22.0. The van der Waals surface area contributed by atoms with E-state index in [0.717, 1.165) is 42.9 Å². The molecular formula is C12H16ClN3OS. The van der Waals surface area contributed by atoms with Gasteiger partial charge in [0.1, 0.15) is 16.5 Å². The highest BCUT2D eigenvalue weighted by Crippen LogP contribution is 2.25. The number of carbonyl (C=O) groups excluding carboxylic acids is 1. The first-order valence-corrected chi connectivity index (χ1v) is 7.48. The molecule has 1 aliphatic rings. The summed E-state index contributed by atoms with van der Waals surface area (Å²) in [5.74, 6) is 0.620. The number of aromatic nitrogens is 2. The molecule has 1 aliphatic heterocycles. The van der Waals surface area contributed by atoms with Gasteiger partial charge in [-0.15, -0.1) is 0 Å². The van der Waals surface area contributed by atoms with Crippen LogP contribution in [0.1, 0.15) is 25.3 Å². The van der Waals surface area contributed by atoms with Gasteiger partial charge in [0, 0.05) is 18.7 Å². The molecular weight excluding hydrogens is 270 g/mol. The van der Waals surface area contributed by atoms with Crippen LogP contribution in [0.3, 0.4) is 0 Å². The lowest BCUT2D eigenvalue weighted by molar-refractivity contribution is -0.127. The number of halogens is 1. The zero-order valence-electron chi connectivity index (χ0n) is 10.4. The van der Waals surface area contributed by atoms with Crippen LogP contribution in [0.5, 0.6) is 0 Å². The summed E-state index contributed by atoms with van der Waals surface area (Å²) in [6.07, 6.45) is 4.47. The van der Waals surface area contributed by atoms with E-state index in [4.69, 9.17) is 11.6 Å². The molecule has 0 N–H and O–H groups in total. The predicted molar refractivity (Wildman–Crippen MR) is 73.0 cm³/mol. The molecule has 1 amide bonds. The Morgan fingerprint density at radius 3 is 2.83 bits per heavy atom. The van der Waals surface area contributed by atoms with Gasteiger partial charge < -0.3 is 4.90 Å². The summed E-state index contributed by atoms with van der Waals surface area (Å²) in [7, 11) is 0. The summed E-state index contributed by atoms with van der Waals surface area (Å²) in [6, 6.07) is 0. The second-order valence-electron chi connectivity index (χ2n) is 4.18. The highest BCUT2D eigenvalue weighted by atomic mass is 35.5. The van der Waals surface area contributed by atoms with Crippen LogP contribution in [0, 0.1) is 0 Å². The lowest BCUT2D eigenvalue weighted by Gasteiger charge is -2.15. The van der Waals surface area contributed by atoms with Crippen LogP contribution >= 0.6 is 23.4 Å². The van der Waals surface area contributed by atoms with Crippen molar-refractivity contribution in [2.75, 3.05) is 18.8 Å². The minimum Gasteiger partial charge on any atom is -0.342 e. The van der Waals surface area contributed by atoms with E-state index in [1.54, 1.807) is 0 Å². The van der Waals surface area contributed by atoms with E-state index in [9.17, 15) is 4.79 Å². The van der Waals surface area contributed by atoms with Crippen LogP contribution in [0.4, 0.5) is 0 Å². The SMILES string of the molecule is CCc1c(Cl)ncnc1SCC(=O)N1CCCC1. The van der Waals surface area contributed by atoms with Gasteiger partial charge in [0.25, 0.3) is 0 Å². The van der Waals surface area contributed by atoms with Crippen molar-refractivity contribution < 1.29 is 4.79 Å². The Bertz CT molecular complexity index is 435. The Labute approximate surface area is 116 Å². The maximum atomic E-state index is 11.9. The van der Waals surface area contributed by atoms with Crippen molar-refractivity contribution in [1.29, 1.82) is 0 Å². The minimum absolute atomic E-state index is 0.189. The number of likely N-dealkylation sites (tertiary alicyclic amines) is 1. The van der Waals surface area contributed by atoms with Gasteiger partial charge in [-0.2, -0.15) is 0 Å². The number of nitrogens with zero attached hydrogens (tertiary/aromatic N) is 3. The monoisotopic (exact) mass is 285 g/mol. The Balaban J connectivity index is 1.97. The van der Waals surface area contributed by atoms with Gasteiger partial charge in [-0.05, 0) is 19.3 Å². The van der Waals surface area contributed by atoms with E-state index in [2.05, 4.69) is 9.97 Å². The number of amides is 1. The van der Waals surface area contributed by atoms with Gasteiger partial charge in [0.15, 0.2) is 0 Å². The molecule has 4 nitrogen and oxygen atoms in total. The van der Waals surface area contributed by atoms with Crippen molar-refractivity contribution in [3.63, 3.8) is 0 Å². The fraction of sp³-hybridized carbons (Fsp3) is 0.583. The molecule has 0 bridgehead atoms. The fourth-order valence-electron chi connectivity index (χ4n) is 1.99. The third-order valence-electron chi connectivity index (χ3n) is 3.00. The first kappa shape index (κ1) is 13.6. The third kappa shape index (κ3) is 3.14. The van der Waals surface area contributed by atoms with Gasteiger partial charge in [-0.1, -0.05) is 30.3 Å². The highest BCUT2D eigenvalue weighted by Gasteiger charge is 2.18. The Morgan fingerprint density at radius 2 is 2.17 bits per heavy atom. The van der Waals surface area contributed by atoms with E-state index in [1.165, 1.54) is 18.1 Å². The van der Waals surface area contributed by atoms with E-state index in [-0.39, 0.29) is 5.91 Å². The summed E-state index contributed by atoms with van der Waals surface area (Å²) >= 11 is 7.47. The second kappa shape index (κ2) is 6.38. The summed E-state index contributed by atoms with van der Waals surface area (Å²) in [5.41, 5.74) is 0.929. The van der Waals surface area contributed by atoms with Gasteiger partial charge in [0.05, 0.1) is 5.75 Å². The van der Waals surface area contributed by atoms with Crippen LogP contribution in [0.25, 0.3) is 0 Å². The molecule has 0 aromatic carbocycles. The molecule has 1 aromatic rings. The molecule has 0 aliphatic carbocycles. The molecule has 1 saturated heterocycles. The largest absolute Gasteiger partial charge is 0.342 e. The average molecular weight is 286 g/mol. The van der Waals surface area contributed by atoms with E-state index < -0.39 is 0 Å². The smallest absolute Gasteiger partial charge is 0.232 e. The molecule has 0 radical (unpaired) electrons. The Hall–Kier alpha value is -0.810. The van der Waals surface area contributed by atoms with Crippen molar-refractivity contribution in [3.05, 3.63) is 17.0 Å². The van der Waals surface area contributed by atoms with Crippen LogP contribution in [0.2, 0.25) is 5.15 Å². The van der Waals surface area contributed by atoms with E-state index in [0.29, 0.717) is 10.9 Å². The molecule has 18 heavy (non-hydrogen) atoms. The first-order valence-electron chi connectivity index (χ1n) is 6.12. The minimum atomic E-state index is 0.189. The van der Waals surface area contributed by atoms with Gasteiger partial charge in [-0.25, -0.2) is 9.97 Å². The molecule has 98 valence electrons. The second-order valence-corrected chi connectivity index (χ2v) is 5.50. The topological polar surface area (TPSA) is 46.1 Å². The summed E-state index contributed by atoms with van der Waals surface area (Å²) in [6.45, 7) is 3.80. The van der Waals surface area contributed by atoms with Crippen molar-refractivity contribution in [2.24, 2.45) is 0 Å². The maximum absolute atomic E-state index is 11.9. The van der Waals surface area contributed by atoms with Crippen molar-refractivity contribution in [2.45, 2.75) is 31.2 Å². The van der Waals surface area contributed by atoms with Gasteiger partial charge in [0.2, 0.25) is 5.91 Å². The fourth-order valence-corrected chi connectivity index (χ4v) is 3.29.